The van der Waals surface area contributed by atoms with Crippen LogP contribution in [0.15, 0.2) is 53.1 Å². The van der Waals surface area contributed by atoms with Gasteiger partial charge < -0.3 is 14.2 Å². The van der Waals surface area contributed by atoms with Crippen molar-refractivity contribution in [2.45, 2.75) is 20.3 Å². The summed E-state index contributed by atoms with van der Waals surface area (Å²) in [5, 5.41) is 7.96. The number of H-pyrrole nitrogens is 1. The van der Waals surface area contributed by atoms with Crippen molar-refractivity contribution >= 4 is 34.0 Å². The summed E-state index contributed by atoms with van der Waals surface area (Å²) in [6.07, 6.45) is 11.4. The van der Waals surface area contributed by atoms with Gasteiger partial charge in [-0.2, -0.15) is 5.10 Å². The van der Waals surface area contributed by atoms with Gasteiger partial charge in [-0.15, -0.1) is 0 Å². The standard InChI is InChI=1S/C25H28FN5O3S/c1-4-18(9-8-17(2)35(3)32)10-11-22-23(34-26)25(31-12-14-33-15-13-31)29-24(28-22)19-6-5-7-21-20(19)16-27-30-21/h4-8,10-11,16H,9,12-15H2,1-3H3,(H,27,30)/b11-10+,17-8+,18-4+. The van der Waals surface area contributed by atoms with E-state index >= 15 is 0 Å². The summed E-state index contributed by atoms with van der Waals surface area (Å²) in [6.45, 7) is 5.91. The van der Waals surface area contributed by atoms with Gasteiger partial charge in [0, 0.05) is 35.5 Å². The number of aromatic amines is 1. The Bertz CT molecular complexity index is 1270. The smallest absolute Gasteiger partial charge is 0.239 e. The van der Waals surface area contributed by atoms with Crippen LogP contribution in [-0.2, 0) is 15.9 Å². The summed E-state index contributed by atoms with van der Waals surface area (Å²) < 4.78 is 31.1. The van der Waals surface area contributed by atoms with Crippen molar-refractivity contribution in [1.82, 2.24) is 20.2 Å². The van der Waals surface area contributed by atoms with Crippen molar-refractivity contribution in [1.29, 1.82) is 0 Å². The van der Waals surface area contributed by atoms with E-state index < -0.39 is 11.2 Å². The number of nitrogens with zero attached hydrogens (tertiary/aromatic N) is 4. The van der Waals surface area contributed by atoms with E-state index in [0.29, 0.717) is 50.1 Å². The van der Waals surface area contributed by atoms with Gasteiger partial charge in [-0.25, -0.2) is 9.97 Å². The first-order valence-corrected chi connectivity index (χ1v) is 12.9. The molecule has 0 spiro atoms. The molecule has 1 aliphatic heterocycles. The molecule has 1 aliphatic rings. The van der Waals surface area contributed by atoms with E-state index in [1.165, 1.54) is 0 Å². The van der Waals surface area contributed by atoms with Crippen LogP contribution < -0.4 is 9.84 Å². The number of anilines is 1. The average Bonchev–Trinajstić information content (AvgIpc) is 3.37. The molecule has 2 aromatic heterocycles. The minimum Gasteiger partial charge on any atom is -0.612 e. The zero-order valence-electron chi connectivity index (χ0n) is 20.0. The zero-order chi connectivity index (χ0) is 24.8. The Kier molecular flexibility index (Phi) is 8.17. The average molecular weight is 498 g/mol. The van der Waals surface area contributed by atoms with Crippen molar-refractivity contribution in [3.05, 3.63) is 58.8 Å². The van der Waals surface area contributed by atoms with Crippen molar-refractivity contribution in [2.24, 2.45) is 0 Å². The largest absolute Gasteiger partial charge is 0.612 e. The van der Waals surface area contributed by atoms with E-state index in [0.717, 1.165) is 26.9 Å². The van der Waals surface area contributed by atoms with E-state index in [1.807, 2.05) is 55.2 Å². The molecule has 0 radical (unpaired) electrons. The van der Waals surface area contributed by atoms with Crippen LogP contribution in [0, 0.1) is 0 Å². The van der Waals surface area contributed by atoms with Gasteiger partial charge in [0.15, 0.2) is 11.6 Å². The minimum absolute atomic E-state index is 0.0388. The predicted molar refractivity (Wildman–Crippen MR) is 137 cm³/mol. The Morgan fingerprint density at radius 3 is 2.83 bits per heavy atom. The monoisotopic (exact) mass is 497 g/mol. The Labute approximate surface area is 206 Å². The summed E-state index contributed by atoms with van der Waals surface area (Å²) in [6, 6.07) is 5.73. The quantitative estimate of drug-likeness (QED) is 0.354. The second-order valence-corrected chi connectivity index (χ2v) is 9.62. The van der Waals surface area contributed by atoms with E-state index in [2.05, 4.69) is 20.1 Å². The third kappa shape index (κ3) is 5.72. The van der Waals surface area contributed by atoms with Crippen molar-refractivity contribution < 1.29 is 18.8 Å². The SMILES string of the molecule is C/C=C(/C=C/c1nc(-c2cccc3[nH]ncc23)nc(N2CCOCC2)c1OF)C/C=C(\C)[S+](C)[O-]. The van der Waals surface area contributed by atoms with Gasteiger partial charge in [-0.05, 0) is 48.3 Å². The maximum absolute atomic E-state index is 13.9. The Hall–Kier alpha value is -3.21. The number of hydrogen-bond donors (Lipinski definition) is 1. The number of allylic oxidation sites excluding steroid dienone is 5. The summed E-state index contributed by atoms with van der Waals surface area (Å²) in [7, 11) is 0. The van der Waals surface area contributed by atoms with Gasteiger partial charge in [0.25, 0.3) is 0 Å². The van der Waals surface area contributed by atoms with Crippen LogP contribution in [0.1, 0.15) is 26.0 Å². The third-order valence-corrected chi connectivity index (χ3v) is 6.97. The lowest BCUT2D eigenvalue weighted by atomic mass is 10.1. The number of benzene rings is 1. The Morgan fingerprint density at radius 2 is 2.11 bits per heavy atom. The van der Waals surface area contributed by atoms with Crippen molar-refractivity contribution in [3.63, 3.8) is 0 Å². The van der Waals surface area contributed by atoms with E-state index in [1.54, 1.807) is 18.5 Å². The molecule has 0 aliphatic carbocycles. The molecule has 10 heteroatoms. The lowest BCUT2D eigenvalue weighted by Gasteiger charge is -2.28. The van der Waals surface area contributed by atoms with Gasteiger partial charge >= 0.3 is 0 Å². The lowest BCUT2D eigenvalue weighted by molar-refractivity contribution is -0.00699. The first kappa shape index (κ1) is 24.9. The van der Waals surface area contributed by atoms with Crippen LogP contribution in [0.25, 0.3) is 28.4 Å². The van der Waals surface area contributed by atoms with Gasteiger partial charge in [0.05, 0.1) is 24.9 Å². The highest BCUT2D eigenvalue weighted by Gasteiger charge is 2.24. The molecule has 4 rings (SSSR count). The molecule has 1 unspecified atom stereocenters. The molecule has 3 heterocycles. The molecule has 0 amide bonds. The second kappa shape index (κ2) is 11.5. The molecule has 1 fully saturated rings. The van der Waals surface area contributed by atoms with Crippen molar-refractivity contribution in [2.75, 3.05) is 37.5 Å². The maximum Gasteiger partial charge on any atom is 0.239 e. The van der Waals surface area contributed by atoms with Crippen LogP contribution in [-0.4, -0.2) is 57.3 Å². The molecule has 1 atom stereocenters. The Balaban J connectivity index is 1.79. The number of halogens is 1. The number of rotatable bonds is 8. The molecule has 8 nitrogen and oxygen atoms in total. The van der Waals surface area contributed by atoms with Crippen LogP contribution in [0.2, 0.25) is 0 Å². The van der Waals surface area contributed by atoms with Gasteiger partial charge in [-0.3, -0.25) is 10.0 Å². The first-order chi connectivity index (χ1) is 17.0. The number of ether oxygens (including phenoxy) is 1. The number of morpholine rings is 1. The summed E-state index contributed by atoms with van der Waals surface area (Å²) in [5.41, 5.74) is 2.91. The topological polar surface area (TPSA) is 99.2 Å². The van der Waals surface area contributed by atoms with E-state index in [-0.39, 0.29) is 5.75 Å². The zero-order valence-corrected chi connectivity index (χ0v) is 20.8. The molecule has 0 saturated carbocycles. The van der Waals surface area contributed by atoms with Gasteiger partial charge in [0.1, 0.15) is 16.9 Å². The second-order valence-electron chi connectivity index (χ2n) is 8.07. The number of nitrogens with one attached hydrogen (secondary N) is 1. The van der Waals surface area contributed by atoms with E-state index in [9.17, 15) is 9.08 Å². The molecule has 1 aromatic carbocycles. The molecular weight excluding hydrogens is 469 g/mol. The molecule has 184 valence electrons. The maximum atomic E-state index is 13.9. The minimum atomic E-state index is -1.02. The fourth-order valence-corrected chi connectivity index (χ4v) is 4.08. The molecule has 1 saturated heterocycles. The van der Waals surface area contributed by atoms with Crippen molar-refractivity contribution in [3.8, 4) is 17.1 Å². The van der Waals surface area contributed by atoms with Gasteiger partial charge in [0.2, 0.25) is 5.75 Å². The molecular formula is C25H28FN5O3S. The fraction of sp³-hybridized carbons (Fsp3) is 0.320. The number of fused-ring (bicyclic) bond motifs is 1. The Morgan fingerprint density at radius 1 is 1.31 bits per heavy atom. The first-order valence-electron chi connectivity index (χ1n) is 11.3. The molecule has 35 heavy (non-hydrogen) atoms. The summed E-state index contributed by atoms with van der Waals surface area (Å²) >= 11 is -1.02. The van der Waals surface area contributed by atoms with Crippen LogP contribution in [0.4, 0.5) is 10.3 Å². The highest BCUT2D eigenvalue weighted by Crippen LogP contribution is 2.35. The highest BCUT2D eigenvalue weighted by atomic mass is 32.2. The molecule has 0 bridgehead atoms. The predicted octanol–water partition coefficient (Wildman–Crippen LogP) is 4.75. The lowest BCUT2D eigenvalue weighted by Crippen LogP contribution is -2.37. The van der Waals surface area contributed by atoms with E-state index in [4.69, 9.17) is 9.72 Å². The van der Waals surface area contributed by atoms with Crippen LogP contribution in [0.3, 0.4) is 0 Å². The normalized spacial score (nSPS) is 16.3. The fourth-order valence-electron chi connectivity index (χ4n) is 3.76. The molecule has 1 N–H and O–H groups in total. The third-order valence-electron chi connectivity index (χ3n) is 5.89. The van der Waals surface area contributed by atoms with Gasteiger partial charge in [-0.1, -0.05) is 24.3 Å². The number of hydrogen-bond acceptors (Lipinski definition) is 7. The van der Waals surface area contributed by atoms with Crippen LogP contribution in [0.5, 0.6) is 5.75 Å². The number of aromatic nitrogens is 4. The highest BCUT2D eigenvalue weighted by molar-refractivity contribution is 7.94. The van der Waals surface area contributed by atoms with Crippen LogP contribution >= 0.6 is 0 Å². The summed E-state index contributed by atoms with van der Waals surface area (Å²) in [4.78, 5) is 16.5. The summed E-state index contributed by atoms with van der Waals surface area (Å²) in [5.74, 6) is 0.779. The molecule has 3 aromatic rings.